The van der Waals surface area contributed by atoms with Crippen LogP contribution in [0, 0.1) is 5.82 Å². The Kier molecular flexibility index (Phi) is 5.26. The van der Waals surface area contributed by atoms with Crippen LogP contribution in [0.25, 0.3) is 0 Å². The second kappa shape index (κ2) is 7.01. The van der Waals surface area contributed by atoms with Gasteiger partial charge < -0.3 is 10.6 Å². The quantitative estimate of drug-likeness (QED) is 0.841. The van der Waals surface area contributed by atoms with E-state index in [2.05, 4.69) is 31.4 Å². The first-order valence-corrected chi connectivity index (χ1v) is 7.73. The van der Waals surface area contributed by atoms with Gasteiger partial charge in [0.15, 0.2) is 0 Å². The minimum atomic E-state index is -0.512. The Bertz CT molecular complexity index is 693. The molecule has 0 aliphatic heterocycles. The second-order valence-corrected chi connectivity index (χ2v) is 6.77. The number of hydrogen-bond acceptors (Lipinski definition) is 2. The van der Waals surface area contributed by atoms with E-state index in [1.54, 1.807) is 0 Å². The number of carbonyl (C=O) groups excluding carboxylic acids is 1. The molecule has 5 heteroatoms. The Hall–Kier alpha value is -2.07. The van der Waals surface area contributed by atoms with Crippen LogP contribution < -0.4 is 10.6 Å². The van der Waals surface area contributed by atoms with E-state index in [0.29, 0.717) is 5.69 Å². The Morgan fingerprint density at radius 1 is 1.09 bits per heavy atom. The van der Waals surface area contributed by atoms with Crippen LogP contribution in [0.5, 0.6) is 0 Å². The number of rotatable bonds is 4. The zero-order valence-corrected chi connectivity index (χ0v) is 14.2. The van der Waals surface area contributed by atoms with Crippen molar-refractivity contribution in [1.82, 2.24) is 0 Å². The molecule has 2 rings (SSSR count). The SMILES string of the molecule is CC(C)(C)c1ccc(NCC(=O)Nc2ccc(F)c(Cl)c2)cc1. The molecule has 0 spiro atoms. The molecule has 122 valence electrons. The van der Waals surface area contributed by atoms with Crippen LogP contribution in [0.4, 0.5) is 15.8 Å². The first-order chi connectivity index (χ1) is 10.8. The van der Waals surface area contributed by atoms with Gasteiger partial charge in [0.2, 0.25) is 5.91 Å². The predicted octanol–water partition coefficient (Wildman–Crippen LogP) is 4.83. The highest BCUT2D eigenvalue weighted by Gasteiger charge is 2.13. The third-order valence-electron chi connectivity index (χ3n) is 3.41. The van der Waals surface area contributed by atoms with Crippen LogP contribution in [-0.2, 0) is 10.2 Å². The molecule has 0 radical (unpaired) electrons. The minimum Gasteiger partial charge on any atom is -0.376 e. The molecule has 2 aromatic rings. The van der Waals surface area contributed by atoms with Gasteiger partial charge in [-0.2, -0.15) is 0 Å². The summed E-state index contributed by atoms with van der Waals surface area (Å²) in [5.74, 6) is -0.741. The molecule has 0 atom stereocenters. The zero-order chi connectivity index (χ0) is 17.0. The van der Waals surface area contributed by atoms with E-state index in [9.17, 15) is 9.18 Å². The van der Waals surface area contributed by atoms with Gasteiger partial charge in [-0.3, -0.25) is 4.79 Å². The third-order valence-corrected chi connectivity index (χ3v) is 3.70. The van der Waals surface area contributed by atoms with Crippen molar-refractivity contribution < 1.29 is 9.18 Å². The molecule has 0 aliphatic carbocycles. The number of amides is 1. The molecular formula is C18H20ClFN2O. The molecule has 0 bridgehead atoms. The normalized spacial score (nSPS) is 11.2. The summed E-state index contributed by atoms with van der Waals surface area (Å²) in [7, 11) is 0. The summed E-state index contributed by atoms with van der Waals surface area (Å²) in [5, 5.41) is 5.69. The van der Waals surface area contributed by atoms with Crippen LogP contribution in [0.15, 0.2) is 42.5 Å². The molecule has 1 amide bonds. The largest absolute Gasteiger partial charge is 0.376 e. The van der Waals surface area contributed by atoms with Gasteiger partial charge in [0.1, 0.15) is 5.82 Å². The molecule has 2 aromatic carbocycles. The number of carbonyl (C=O) groups is 1. The molecule has 23 heavy (non-hydrogen) atoms. The number of halogens is 2. The maximum absolute atomic E-state index is 13.1. The lowest BCUT2D eigenvalue weighted by Crippen LogP contribution is -2.21. The molecule has 0 fully saturated rings. The highest BCUT2D eigenvalue weighted by molar-refractivity contribution is 6.31. The van der Waals surface area contributed by atoms with E-state index in [4.69, 9.17) is 11.6 Å². The molecular weight excluding hydrogens is 315 g/mol. The van der Waals surface area contributed by atoms with E-state index in [-0.39, 0.29) is 22.9 Å². The average molecular weight is 335 g/mol. The fraction of sp³-hybridized carbons (Fsp3) is 0.278. The monoisotopic (exact) mass is 334 g/mol. The first kappa shape index (κ1) is 17.3. The molecule has 0 saturated heterocycles. The van der Waals surface area contributed by atoms with Crippen molar-refractivity contribution in [2.45, 2.75) is 26.2 Å². The van der Waals surface area contributed by atoms with E-state index in [0.717, 1.165) is 5.69 Å². The van der Waals surface area contributed by atoms with Gasteiger partial charge in [0.25, 0.3) is 0 Å². The first-order valence-electron chi connectivity index (χ1n) is 7.35. The van der Waals surface area contributed by atoms with Crippen LogP contribution >= 0.6 is 11.6 Å². The molecule has 0 saturated carbocycles. The number of benzene rings is 2. The maximum atomic E-state index is 13.1. The lowest BCUT2D eigenvalue weighted by Gasteiger charge is -2.19. The predicted molar refractivity (Wildman–Crippen MR) is 93.7 cm³/mol. The lowest BCUT2D eigenvalue weighted by molar-refractivity contribution is -0.114. The van der Waals surface area contributed by atoms with Crippen molar-refractivity contribution in [3.05, 3.63) is 58.9 Å². The minimum absolute atomic E-state index is 0.0199. The summed E-state index contributed by atoms with van der Waals surface area (Å²) in [6.07, 6.45) is 0. The van der Waals surface area contributed by atoms with Crippen molar-refractivity contribution in [3.63, 3.8) is 0 Å². The molecule has 0 aliphatic rings. The second-order valence-electron chi connectivity index (χ2n) is 6.36. The number of anilines is 2. The van der Waals surface area contributed by atoms with Gasteiger partial charge in [-0.25, -0.2) is 4.39 Å². The van der Waals surface area contributed by atoms with Gasteiger partial charge in [-0.1, -0.05) is 44.5 Å². The fourth-order valence-electron chi connectivity index (χ4n) is 2.05. The molecule has 0 heterocycles. The van der Waals surface area contributed by atoms with E-state index in [1.807, 2.05) is 24.3 Å². The van der Waals surface area contributed by atoms with Crippen molar-refractivity contribution in [2.24, 2.45) is 0 Å². The maximum Gasteiger partial charge on any atom is 0.243 e. The Balaban J connectivity index is 1.90. The molecule has 3 nitrogen and oxygen atoms in total. The van der Waals surface area contributed by atoms with Crippen molar-refractivity contribution in [2.75, 3.05) is 17.2 Å². The smallest absolute Gasteiger partial charge is 0.243 e. The summed E-state index contributed by atoms with van der Waals surface area (Å²) in [6, 6.07) is 12.0. The molecule has 2 N–H and O–H groups in total. The summed E-state index contributed by atoms with van der Waals surface area (Å²) in [4.78, 5) is 11.9. The van der Waals surface area contributed by atoms with Crippen LogP contribution in [0.1, 0.15) is 26.3 Å². The topological polar surface area (TPSA) is 41.1 Å². The highest BCUT2D eigenvalue weighted by Crippen LogP contribution is 2.23. The number of nitrogens with one attached hydrogen (secondary N) is 2. The van der Waals surface area contributed by atoms with Gasteiger partial charge in [0, 0.05) is 11.4 Å². The average Bonchev–Trinajstić information content (AvgIpc) is 2.48. The summed E-state index contributed by atoms with van der Waals surface area (Å²) < 4.78 is 13.1. The van der Waals surface area contributed by atoms with Gasteiger partial charge in [-0.15, -0.1) is 0 Å². The van der Waals surface area contributed by atoms with Gasteiger partial charge in [-0.05, 0) is 41.3 Å². The molecule has 0 aromatic heterocycles. The number of hydrogen-bond donors (Lipinski definition) is 2. The van der Waals surface area contributed by atoms with Crippen molar-refractivity contribution >= 4 is 28.9 Å². The van der Waals surface area contributed by atoms with E-state index in [1.165, 1.54) is 23.8 Å². The van der Waals surface area contributed by atoms with Crippen molar-refractivity contribution in [3.8, 4) is 0 Å². The summed E-state index contributed by atoms with van der Waals surface area (Å²) in [6.45, 7) is 6.56. The lowest BCUT2D eigenvalue weighted by atomic mass is 9.87. The molecule has 0 unspecified atom stereocenters. The van der Waals surface area contributed by atoms with Gasteiger partial charge in [0.05, 0.1) is 11.6 Å². The fourth-order valence-corrected chi connectivity index (χ4v) is 2.23. The van der Waals surface area contributed by atoms with Crippen LogP contribution in [-0.4, -0.2) is 12.5 Å². The van der Waals surface area contributed by atoms with Crippen LogP contribution in [0.3, 0.4) is 0 Å². The van der Waals surface area contributed by atoms with Crippen molar-refractivity contribution in [1.29, 1.82) is 0 Å². The van der Waals surface area contributed by atoms with Gasteiger partial charge >= 0.3 is 0 Å². The summed E-state index contributed by atoms with van der Waals surface area (Å²) >= 11 is 5.68. The Labute approximate surface area is 140 Å². The van der Waals surface area contributed by atoms with E-state index >= 15 is 0 Å². The Morgan fingerprint density at radius 3 is 2.26 bits per heavy atom. The van der Waals surface area contributed by atoms with Crippen LogP contribution in [0.2, 0.25) is 5.02 Å². The summed E-state index contributed by atoms with van der Waals surface area (Å²) in [5.41, 5.74) is 2.66. The zero-order valence-electron chi connectivity index (χ0n) is 13.4. The van der Waals surface area contributed by atoms with E-state index < -0.39 is 5.82 Å². The highest BCUT2D eigenvalue weighted by atomic mass is 35.5. The Morgan fingerprint density at radius 2 is 1.70 bits per heavy atom. The standard InChI is InChI=1S/C18H20ClFN2O/c1-18(2,3)12-4-6-13(7-5-12)21-11-17(23)22-14-8-9-16(20)15(19)10-14/h4-10,21H,11H2,1-3H3,(H,22,23). The third kappa shape index (κ3) is 4.96.